The maximum atomic E-state index is 12.9. The van der Waals surface area contributed by atoms with Crippen molar-refractivity contribution in [1.29, 1.82) is 0 Å². The molecule has 0 saturated heterocycles. The van der Waals surface area contributed by atoms with E-state index in [1.54, 1.807) is 18.2 Å². The molecule has 0 aliphatic heterocycles. The molecule has 27 heavy (non-hydrogen) atoms. The van der Waals surface area contributed by atoms with Gasteiger partial charge in [-0.05, 0) is 42.3 Å². The molecule has 0 fully saturated rings. The topological polar surface area (TPSA) is 41.1 Å². The Morgan fingerprint density at radius 2 is 1.52 bits per heavy atom. The monoisotopic (exact) mass is 398 g/mol. The molecule has 5 heteroatoms. The van der Waals surface area contributed by atoms with Gasteiger partial charge in [0, 0.05) is 11.4 Å². The predicted octanol–water partition coefficient (Wildman–Crippen LogP) is 6.87. The van der Waals surface area contributed by atoms with Crippen LogP contribution in [0.4, 0.5) is 17.1 Å². The normalized spacial score (nSPS) is 11.7. The van der Waals surface area contributed by atoms with Crippen LogP contribution in [0.3, 0.4) is 0 Å². The van der Waals surface area contributed by atoms with Gasteiger partial charge in [0.1, 0.15) is 0 Å². The Balaban J connectivity index is 1.90. The number of nitrogens with one attached hydrogen (secondary N) is 2. The van der Waals surface area contributed by atoms with Gasteiger partial charge < -0.3 is 10.6 Å². The van der Waals surface area contributed by atoms with Crippen LogP contribution in [0.1, 0.15) is 24.8 Å². The van der Waals surface area contributed by atoms with Gasteiger partial charge in [-0.15, -0.1) is 0 Å². The van der Waals surface area contributed by atoms with Crippen LogP contribution in [-0.4, -0.2) is 5.91 Å². The highest BCUT2D eigenvalue weighted by atomic mass is 35.5. The van der Waals surface area contributed by atoms with Crippen LogP contribution in [-0.2, 0) is 4.79 Å². The third-order valence-electron chi connectivity index (χ3n) is 4.32. The van der Waals surface area contributed by atoms with Gasteiger partial charge in [0.05, 0.1) is 21.7 Å². The van der Waals surface area contributed by atoms with Gasteiger partial charge in [-0.3, -0.25) is 4.79 Å². The molecule has 3 nitrogen and oxygen atoms in total. The average molecular weight is 399 g/mol. The number of amides is 1. The Morgan fingerprint density at radius 3 is 2.19 bits per heavy atom. The number of carbonyl (C=O) groups excluding carboxylic acids is 1. The van der Waals surface area contributed by atoms with Crippen molar-refractivity contribution in [1.82, 2.24) is 0 Å². The highest BCUT2D eigenvalue weighted by molar-refractivity contribution is 6.39. The SMILES string of the molecule is CCC(C(=O)Nc1ccccc1)c1ccccc1Nc1c(Cl)cccc1Cl. The van der Waals surface area contributed by atoms with Crippen LogP contribution < -0.4 is 10.6 Å². The summed E-state index contributed by atoms with van der Waals surface area (Å²) in [5.74, 6) is -0.363. The molecule has 3 rings (SSSR count). The number of halogens is 2. The largest absolute Gasteiger partial charge is 0.353 e. The highest BCUT2D eigenvalue weighted by Gasteiger charge is 2.22. The van der Waals surface area contributed by atoms with Crippen LogP contribution in [0.2, 0.25) is 10.0 Å². The predicted molar refractivity (Wildman–Crippen MR) is 114 cm³/mol. The summed E-state index contributed by atoms with van der Waals surface area (Å²) in [6.45, 7) is 1.99. The second-order valence-electron chi connectivity index (χ2n) is 6.13. The molecule has 0 aliphatic rings. The van der Waals surface area contributed by atoms with E-state index in [1.165, 1.54) is 0 Å². The molecule has 1 unspecified atom stereocenters. The Hall–Kier alpha value is -2.49. The lowest BCUT2D eigenvalue weighted by atomic mass is 9.93. The smallest absolute Gasteiger partial charge is 0.231 e. The Labute approximate surface area is 169 Å². The van der Waals surface area contributed by atoms with Crippen molar-refractivity contribution in [3.63, 3.8) is 0 Å². The summed E-state index contributed by atoms with van der Waals surface area (Å²) < 4.78 is 0. The van der Waals surface area contributed by atoms with Crippen molar-refractivity contribution in [3.05, 3.63) is 88.4 Å². The molecule has 0 aliphatic carbocycles. The zero-order valence-electron chi connectivity index (χ0n) is 14.9. The lowest BCUT2D eigenvalue weighted by Gasteiger charge is -2.20. The maximum Gasteiger partial charge on any atom is 0.231 e. The standard InChI is InChI=1S/C22H20Cl2N2O/c1-2-16(22(27)25-15-9-4-3-5-10-15)17-11-6-7-14-20(17)26-21-18(23)12-8-13-19(21)24/h3-14,16,26H,2H2,1H3,(H,25,27). The summed E-state index contributed by atoms with van der Waals surface area (Å²) in [5, 5.41) is 7.34. The molecular weight excluding hydrogens is 379 g/mol. The summed E-state index contributed by atoms with van der Waals surface area (Å²) in [7, 11) is 0. The van der Waals surface area contributed by atoms with Crippen molar-refractivity contribution in [2.45, 2.75) is 19.3 Å². The minimum atomic E-state index is -0.310. The molecule has 3 aromatic carbocycles. The average Bonchev–Trinajstić information content (AvgIpc) is 2.67. The number of benzene rings is 3. The van der Waals surface area contributed by atoms with E-state index in [2.05, 4.69) is 10.6 Å². The lowest BCUT2D eigenvalue weighted by molar-refractivity contribution is -0.117. The Bertz CT molecular complexity index is 908. The molecule has 2 N–H and O–H groups in total. The number of carbonyl (C=O) groups is 1. The first-order valence-electron chi connectivity index (χ1n) is 8.76. The molecule has 138 valence electrons. The van der Waals surface area contributed by atoms with E-state index in [0.29, 0.717) is 22.2 Å². The number of hydrogen-bond donors (Lipinski definition) is 2. The molecule has 1 amide bonds. The fourth-order valence-corrected chi connectivity index (χ4v) is 3.46. The van der Waals surface area contributed by atoms with Crippen LogP contribution in [0.25, 0.3) is 0 Å². The number of rotatable bonds is 6. The van der Waals surface area contributed by atoms with E-state index in [9.17, 15) is 4.79 Å². The van der Waals surface area contributed by atoms with Gasteiger partial charge in [0.2, 0.25) is 5.91 Å². The molecule has 0 aromatic heterocycles. The second-order valence-corrected chi connectivity index (χ2v) is 6.94. The number of para-hydroxylation sites is 3. The molecule has 0 heterocycles. The Morgan fingerprint density at radius 1 is 0.889 bits per heavy atom. The fourth-order valence-electron chi connectivity index (χ4n) is 2.96. The second kappa shape index (κ2) is 8.94. The van der Waals surface area contributed by atoms with Crippen molar-refractivity contribution in [2.75, 3.05) is 10.6 Å². The molecule has 1 atom stereocenters. The summed E-state index contributed by atoms with van der Waals surface area (Å²) >= 11 is 12.6. The van der Waals surface area contributed by atoms with Gasteiger partial charge in [-0.25, -0.2) is 0 Å². The number of anilines is 3. The van der Waals surface area contributed by atoms with Gasteiger partial charge in [0.25, 0.3) is 0 Å². The molecule has 0 radical (unpaired) electrons. The van der Waals surface area contributed by atoms with Crippen molar-refractivity contribution < 1.29 is 4.79 Å². The van der Waals surface area contributed by atoms with Gasteiger partial charge >= 0.3 is 0 Å². The first-order chi connectivity index (χ1) is 13.1. The van der Waals surface area contributed by atoms with E-state index < -0.39 is 0 Å². The zero-order valence-corrected chi connectivity index (χ0v) is 16.4. The van der Waals surface area contributed by atoms with Gasteiger partial charge in [0.15, 0.2) is 0 Å². The van der Waals surface area contributed by atoms with Crippen LogP contribution in [0, 0.1) is 0 Å². The minimum Gasteiger partial charge on any atom is -0.353 e. The van der Waals surface area contributed by atoms with Crippen LogP contribution >= 0.6 is 23.2 Å². The molecule has 0 saturated carbocycles. The molecule has 0 bridgehead atoms. The summed E-state index contributed by atoms with van der Waals surface area (Å²) in [6, 6.07) is 22.5. The minimum absolute atomic E-state index is 0.0526. The van der Waals surface area contributed by atoms with E-state index in [4.69, 9.17) is 23.2 Å². The van der Waals surface area contributed by atoms with Gasteiger partial charge in [-0.1, -0.05) is 72.6 Å². The summed E-state index contributed by atoms with van der Waals surface area (Å²) in [5.41, 5.74) is 3.11. The van der Waals surface area contributed by atoms with Gasteiger partial charge in [-0.2, -0.15) is 0 Å². The third-order valence-corrected chi connectivity index (χ3v) is 4.95. The molecular formula is C22H20Cl2N2O. The van der Waals surface area contributed by atoms with Crippen molar-refractivity contribution >= 4 is 46.2 Å². The van der Waals surface area contributed by atoms with Crippen molar-refractivity contribution in [2.24, 2.45) is 0 Å². The summed E-state index contributed by atoms with van der Waals surface area (Å²) in [6.07, 6.45) is 0.660. The van der Waals surface area contributed by atoms with Crippen LogP contribution in [0.5, 0.6) is 0 Å². The first kappa shape index (κ1) is 19.3. The molecule has 3 aromatic rings. The van der Waals surface area contributed by atoms with E-state index >= 15 is 0 Å². The number of hydrogen-bond acceptors (Lipinski definition) is 2. The van der Waals surface area contributed by atoms with E-state index in [1.807, 2.05) is 61.5 Å². The van der Waals surface area contributed by atoms with E-state index in [-0.39, 0.29) is 11.8 Å². The summed E-state index contributed by atoms with van der Waals surface area (Å²) in [4.78, 5) is 12.9. The Kier molecular flexibility index (Phi) is 6.38. The highest BCUT2D eigenvalue weighted by Crippen LogP contribution is 2.36. The van der Waals surface area contributed by atoms with E-state index in [0.717, 1.165) is 16.9 Å². The van der Waals surface area contributed by atoms with Crippen LogP contribution in [0.15, 0.2) is 72.8 Å². The van der Waals surface area contributed by atoms with Crippen molar-refractivity contribution in [3.8, 4) is 0 Å². The molecule has 0 spiro atoms. The maximum absolute atomic E-state index is 12.9. The third kappa shape index (κ3) is 4.62. The fraction of sp³-hybridized carbons (Fsp3) is 0.136. The first-order valence-corrected chi connectivity index (χ1v) is 9.51. The quantitative estimate of drug-likeness (QED) is 0.475. The lowest BCUT2D eigenvalue weighted by Crippen LogP contribution is -2.21. The zero-order chi connectivity index (χ0) is 19.2.